The van der Waals surface area contributed by atoms with Gasteiger partial charge in [0.2, 0.25) is 29.7 Å². The Balaban J connectivity index is 1.11. The summed E-state index contributed by atoms with van der Waals surface area (Å²) in [7, 11) is 0. The number of morpholine rings is 2. The third-order valence-corrected chi connectivity index (χ3v) is 7.62. The van der Waals surface area contributed by atoms with Gasteiger partial charge in [0.1, 0.15) is 0 Å². The van der Waals surface area contributed by atoms with Crippen molar-refractivity contribution in [2.75, 3.05) is 78.8 Å². The smallest absolute Gasteiger partial charge is 0.315 e. The van der Waals surface area contributed by atoms with E-state index < -0.39 is 6.08 Å². The number of halogens is 1. The number of rotatable bonds is 8. The predicted molar refractivity (Wildman–Crippen MR) is 173 cm³/mol. The standard InChI is InChI=1S/C28H30FN11O2S2/c29-23-33-25(37-27(34-23)39-7-11-41-12-8-39)31-19-5-3-17(21(43)15-19)1-2-18-4-6-20(16-22(18)44)32-26-35-24(30)36-28(38-26)40-9-13-42-14-10-40/h1-6,15-16,43-44H,7-14H2,(H,31,33,34,37)(H3,30,32,35,36,38)/b2-1+. The number of nitrogen functional groups attached to an aromatic ring is 1. The second-order valence-electron chi connectivity index (χ2n) is 9.87. The summed E-state index contributed by atoms with van der Waals surface area (Å²) in [5.74, 6) is 1.38. The van der Waals surface area contributed by atoms with Gasteiger partial charge >= 0.3 is 6.08 Å². The fourth-order valence-electron chi connectivity index (χ4n) is 4.60. The zero-order valence-corrected chi connectivity index (χ0v) is 25.3. The zero-order chi connectivity index (χ0) is 30.5. The molecule has 2 fully saturated rings. The largest absolute Gasteiger partial charge is 0.378 e. The minimum Gasteiger partial charge on any atom is -0.378 e. The summed E-state index contributed by atoms with van der Waals surface area (Å²) < 4.78 is 24.9. The molecule has 0 atom stereocenters. The van der Waals surface area contributed by atoms with Crippen molar-refractivity contribution in [2.45, 2.75) is 9.79 Å². The van der Waals surface area contributed by atoms with E-state index in [0.29, 0.717) is 75.1 Å². The maximum atomic E-state index is 14.1. The SMILES string of the molecule is Nc1nc(Nc2ccc(/C=C/c3ccc(Nc4nc(F)nc(N5CCOCC5)n4)cc3S)c(S)c2)nc(N2CCOCC2)n1. The highest BCUT2D eigenvalue weighted by atomic mass is 32.1. The van der Waals surface area contributed by atoms with Crippen LogP contribution in [0, 0.1) is 6.08 Å². The lowest BCUT2D eigenvalue weighted by atomic mass is 10.1. The zero-order valence-electron chi connectivity index (χ0n) is 23.5. The van der Waals surface area contributed by atoms with Crippen LogP contribution < -0.4 is 26.2 Å². The Hall–Kier alpha value is -4.25. The number of thiol groups is 2. The number of aromatic nitrogens is 6. The molecule has 2 aliphatic rings. The van der Waals surface area contributed by atoms with Crippen molar-refractivity contribution in [1.82, 2.24) is 29.9 Å². The number of nitrogens with one attached hydrogen (secondary N) is 2. The van der Waals surface area contributed by atoms with Crippen molar-refractivity contribution in [1.29, 1.82) is 0 Å². The van der Waals surface area contributed by atoms with Gasteiger partial charge in [-0.1, -0.05) is 24.3 Å². The normalized spacial score (nSPS) is 15.5. The average molecular weight is 636 g/mol. The maximum absolute atomic E-state index is 14.1. The number of ether oxygens (including phenoxy) is 2. The summed E-state index contributed by atoms with van der Waals surface area (Å²) in [6.07, 6.45) is 3.03. The van der Waals surface area contributed by atoms with Crippen molar-refractivity contribution in [3.63, 3.8) is 0 Å². The number of anilines is 7. The lowest BCUT2D eigenvalue weighted by molar-refractivity contribution is 0.122. The number of benzene rings is 2. The first-order valence-electron chi connectivity index (χ1n) is 13.9. The van der Waals surface area contributed by atoms with Gasteiger partial charge in [-0.25, -0.2) is 0 Å². The lowest BCUT2D eigenvalue weighted by Gasteiger charge is -2.26. The number of nitrogens with zero attached hydrogens (tertiary/aromatic N) is 8. The first-order valence-corrected chi connectivity index (χ1v) is 14.8. The van der Waals surface area contributed by atoms with Gasteiger partial charge in [0, 0.05) is 47.3 Å². The molecule has 2 aromatic carbocycles. The molecule has 0 radical (unpaired) electrons. The molecule has 2 aromatic heterocycles. The Kier molecular flexibility index (Phi) is 9.20. The average Bonchev–Trinajstić information content (AvgIpc) is 3.02. The van der Waals surface area contributed by atoms with Crippen LogP contribution in [-0.4, -0.2) is 82.5 Å². The van der Waals surface area contributed by atoms with E-state index in [1.807, 2.05) is 58.4 Å². The Bertz CT molecular complexity index is 1550. The van der Waals surface area contributed by atoms with Crippen LogP contribution in [0.25, 0.3) is 12.2 Å². The number of nitrogens with two attached hydrogens (primary N) is 1. The van der Waals surface area contributed by atoms with Gasteiger partial charge in [-0.2, -0.15) is 34.3 Å². The molecule has 2 saturated heterocycles. The Morgan fingerprint density at radius 3 is 1.66 bits per heavy atom. The van der Waals surface area contributed by atoms with Crippen LogP contribution >= 0.6 is 25.3 Å². The molecule has 13 nitrogen and oxygen atoms in total. The molecule has 4 heterocycles. The van der Waals surface area contributed by atoms with Gasteiger partial charge in [0.25, 0.3) is 0 Å². The maximum Gasteiger partial charge on any atom is 0.315 e. The van der Waals surface area contributed by atoms with Crippen LogP contribution in [0.5, 0.6) is 0 Å². The number of hydrogen-bond donors (Lipinski definition) is 5. The van der Waals surface area contributed by atoms with E-state index in [-0.39, 0.29) is 17.8 Å². The van der Waals surface area contributed by atoms with E-state index in [1.165, 1.54) is 0 Å². The summed E-state index contributed by atoms with van der Waals surface area (Å²) in [6.45, 7) is 4.85. The lowest BCUT2D eigenvalue weighted by Crippen LogP contribution is -2.37. The van der Waals surface area contributed by atoms with Crippen LogP contribution in [0.3, 0.4) is 0 Å². The first-order chi connectivity index (χ1) is 21.4. The fraction of sp³-hybridized carbons (Fsp3) is 0.286. The molecule has 0 aliphatic carbocycles. The monoisotopic (exact) mass is 635 g/mol. The molecular weight excluding hydrogens is 606 g/mol. The molecule has 4 N–H and O–H groups in total. The molecule has 0 bridgehead atoms. The topological polar surface area (TPSA) is 152 Å². The van der Waals surface area contributed by atoms with Crippen molar-refractivity contribution < 1.29 is 13.9 Å². The van der Waals surface area contributed by atoms with Crippen LogP contribution in [0.4, 0.5) is 45.5 Å². The van der Waals surface area contributed by atoms with E-state index in [4.69, 9.17) is 15.2 Å². The molecule has 2 aliphatic heterocycles. The van der Waals surface area contributed by atoms with Crippen LogP contribution in [0.1, 0.15) is 11.1 Å². The predicted octanol–water partition coefficient (Wildman–Crippen LogP) is 3.69. The number of hydrogen-bond acceptors (Lipinski definition) is 15. The highest BCUT2D eigenvalue weighted by Crippen LogP contribution is 2.27. The first kappa shape index (κ1) is 29.8. The van der Waals surface area contributed by atoms with Gasteiger partial charge < -0.3 is 35.6 Å². The Morgan fingerprint density at radius 1 is 0.682 bits per heavy atom. The van der Waals surface area contributed by atoms with Crippen molar-refractivity contribution in [2.24, 2.45) is 0 Å². The van der Waals surface area contributed by atoms with E-state index in [9.17, 15) is 4.39 Å². The summed E-state index contributed by atoms with van der Waals surface area (Å²) in [5.41, 5.74) is 9.13. The van der Waals surface area contributed by atoms with Gasteiger partial charge in [-0.05, 0) is 35.4 Å². The van der Waals surface area contributed by atoms with Gasteiger partial charge in [-0.3, -0.25) is 0 Å². The molecular formula is C28H30FN11O2S2. The molecule has 0 spiro atoms. The van der Waals surface area contributed by atoms with Gasteiger partial charge in [0.15, 0.2) is 0 Å². The third-order valence-electron chi connectivity index (χ3n) is 6.84. The van der Waals surface area contributed by atoms with E-state index in [1.54, 1.807) is 0 Å². The molecule has 0 saturated carbocycles. The van der Waals surface area contributed by atoms with E-state index in [0.717, 1.165) is 21.7 Å². The summed E-state index contributed by atoms with van der Waals surface area (Å²) >= 11 is 9.32. The highest BCUT2D eigenvalue weighted by Gasteiger charge is 2.18. The molecule has 0 amide bonds. The van der Waals surface area contributed by atoms with Gasteiger partial charge in [0.05, 0.1) is 26.4 Å². The van der Waals surface area contributed by atoms with Crippen LogP contribution in [0.15, 0.2) is 46.2 Å². The highest BCUT2D eigenvalue weighted by molar-refractivity contribution is 7.80. The fourth-order valence-corrected chi connectivity index (χ4v) is 5.18. The summed E-state index contributed by atoms with van der Waals surface area (Å²) in [4.78, 5) is 30.3. The Labute approximate surface area is 264 Å². The molecule has 228 valence electrons. The van der Waals surface area contributed by atoms with Crippen LogP contribution in [-0.2, 0) is 9.47 Å². The van der Waals surface area contributed by atoms with Crippen LogP contribution in [0.2, 0.25) is 0 Å². The minimum absolute atomic E-state index is 0.112. The van der Waals surface area contributed by atoms with Crippen molar-refractivity contribution >= 4 is 78.5 Å². The van der Waals surface area contributed by atoms with E-state index in [2.05, 4.69) is 65.8 Å². The second-order valence-corrected chi connectivity index (χ2v) is 10.8. The third kappa shape index (κ3) is 7.45. The van der Waals surface area contributed by atoms with Gasteiger partial charge in [-0.15, -0.1) is 25.3 Å². The van der Waals surface area contributed by atoms with Crippen molar-refractivity contribution in [3.05, 3.63) is 53.6 Å². The summed E-state index contributed by atoms with van der Waals surface area (Å²) in [5, 5.41) is 6.23. The molecule has 0 unspecified atom stereocenters. The quantitative estimate of drug-likeness (QED) is 0.142. The van der Waals surface area contributed by atoms with Crippen molar-refractivity contribution in [3.8, 4) is 0 Å². The molecule has 6 rings (SSSR count). The molecule has 4 aromatic rings. The summed E-state index contributed by atoms with van der Waals surface area (Å²) in [6, 6.07) is 11.3. The Morgan fingerprint density at radius 2 is 1.16 bits per heavy atom. The molecule has 16 heteroatoms. The van der Waals surface area contributed by atoms with E-state index >= 15 is 0 Å². The minimum atomic E-state index is -0.853. The molecule has 44 heavy (non-hydrogen) atoms. The second kappa shape index (κ2) is 13.6.